The van der Waals surface area contributed by atoms with Gasteiger partial charge in [-0.1, -0.05) is 29.3 Å². The molecule has 3 nitrogen and oxygen atoms in total. The zero-order chi connectivity index (χ0) is 16.4. The quantitative estimate of drug-likeness (QED) is 0.850. The second kappa shape index (κ2) is 7.29. The Labute approximate surface area is 147 Å². The van der Waals surface area contributed by atoms with Gasteiger partial charge in [-0.05, 0) is 50.1 Å². The first-order valence-electron chi connectivity index (χ1n) is 8.62. The van der Waals surface area contributed by atoms with Crippen molar-refractivity contribution < 1.29 is 0 Å². The highest BCUT2D eigenvalue weighted by Gasteiger charge is 2.27. The van der Waals surface area contributed by atoms with Crippen LogP contribution in [-0.4, -0.2) is 35.1 Å². The topological polar surface area (TPSA) is 28.2 Å². The highest BCUT2D eigenvalue weighted by atomic mass is 79.9. The first-order chi connectivity index (χ1) is 11.1. The van der Waals surface area contributed by atoms with Crippen molar-refractivity contribution in [3.05, 3.63) is 40.5 Å². The summed E-state index contributed by atoms with van der Waals surface area (Å²) in [7, 11) is 0. The smallest absolute Gasteiger partial charge is 0.0702 e. The Kier molecular flexibility index (Phi) is 5.34. The highest BCUT2D eigenvalue weighted by molar-refractivity contribution is 9.10. The van der Waals surface area contributed by atoms with Gasteiger partial charge in [0.1, 0.15) is 0 Å². The fourth-order valence-corrected chi connectivity index (χ4v) is 4.14. The summed E-state index contributed by atoms with van der Waals surface area (Å²) in [6.45, 7) is 9.03. The first kappa shape index (κ1) is 16.9. The Morgan fingerprint density at radius 1 is 1.26 bits per heavy atom. The SMILES string of the molecule is CCCC(c1cnc2ccc(Br)cc2c1)N1C[C@@H](C)N[C@@H](C)C1. The van der Waals surface area contributed by atoms with E-state index in [1.54, 1.807) is 0 Å². The van der Waals surface area contributed by atoms with Crippen molar-refractivity contribution >= 4 is 26.8 Å². The van der Waals surface area contributed by atoms with Crippen molar-refractivity contribution in [2.24, 2.45) is 0 Å². The van der Waals surface area contributed by atoms with Crippen LogP contribution in [0.2, 0.25) is 0 Å². The standard InChI is InChI=1S/C19H26BrN3/c1-4-5-19(23-11-13(2)22-14(3)12-23)16-8-15-9-17(20)6-7-18(15)21-10-16/h6-10,13-14,19,22H,4-5,11-12H2,1-3H3/t13-,14+,19?. The number of hydrogen-bond donors (Lipinski definition) is 1. The van der Waals surface area contributed by atoms with Crippen molar-refractivity contribution in [1.82, 2.24) is 15.2 Å². The van der Waals surface area contributed by atoms with Gasteiger partial charge < -0.3 is 5.32 Å². The van der Waals surface area contributed by atoms with E-state index in [0.29, 0.717) is 18.1 Å². The maximum absolute atomic E-state index is 4.70. The van der Waals surface area contributed by atoms with Crippen LogP contribution in [0.3, 0.4) is 0 Å². The number of fused-ring (bicyclic) bond motifs is 1. The first-order valence-corrected chi connectivity index (χ1v) is 9.41. The van der Waals surface area contributed by atoms with Gasteiger partial charge in [0.05, 0.1) is 5.52 Å². The maximum Gasteiger partial charge on any atom is 0.0702 e. The van der Waals surface area contributed by atoms with Gasteiger partial charge in [-0.3, -0.25) is 9.88 Å². The van der Waals surface area contributed by atoms with Gasteiger partial charge in [0, 0.05) is 47.3 Å². The lowest BCUT2D eigenvalue weighted by Gasteiger charge is -2.41. The fourth-order valence-electron chi connectivity index (χ4n) is 3.76. The van der Waals surface area contributed by atoms with E-state index in [2.05, 4.69) is 77.4 Å². The molecule has 1 aliphatic heterocycles. The Morgan fingerprint density at radius 2 is 2.00 bits per heavy atom. The van der Waals surface area contributed by atoms with E-state index >= 15 is 0 Å². The lowest BCUT2D eigenvalue weighted by Crippen LogP contribution is -2.55. The summed E-state index contributed by atoms with van der Waals surface area (Å²) in [6, 6.07) is 10.2. The molecule has 3 atom stereocenters. The van der Waals surface area contributed by atoms with Crippen LogP contribution < -0.4 is 5.32 Å². The summed E-state index contributed by atoms with van der Waals surface area (Å²) < 4.78 is 1.11. The molecule has 1 aromatic carbocycles. The largest absolute Gasteiger partial charge is 0.309 e. The summed E-state index contributed by atoms with van der Waals surface area (Å²) in [5.41, 5.74) is 2.41. The summed E-state index contributed by atoms with van der Waals surface area (Å²) in [6.07, 6.45) is 4.45. The van der Waals surface area contributed by atoms with Crippen LogP contribution in [0.15, 0.2) is 34.9 Å². The predicted octanol–water partition coefficient (Wildman–Crippen LogP) is 4.52. The van der Waals surface area contributed by atoms with Crippen LogP contribution in [0, 0.1) is 0 Å². The second-order valence-corrected chi connectivity index (χ2v) is 7.75. The number of aromatic nitrogens is 1. The van der Waals surface area contributed by atoms with Crippen LogP contribution in [0.5, 0.6) is 0 Å². The lowest BCUT2D eigenvalue weighted by molar-refractivity contribution is 0.116. The molecular formula is C19H26BrN3. The van der Waals surface area contributed by atoms with Gasteiger partial charge in [-0.15, -0.1) is 0 Å². The minimum Gasteiger partial charge on any atom is -0.309 e. The normalized spacial score (nSPS) is 24.0. The van der Waals surface area contributed by atoms with Crippen molar-refractivity contribution in [3.8, 4) is 0 Å². The highest BCUT2D eigenvalue weighted by Crippen LogP contribution is 2.29. The Balaban J connectivity index is 1.93. The van der Waals surface area contributed by atoms with Gasteiger partial charge in [0.25, 0.3) is 0 Å². The van der Waals surface area contributed by atoms with Gasteiger partial charge in [-0.2, -0.15) is 0 Å². The molecule has 0 bridgehead atoms. The van der Waals surface area contributed by atoms with Crippen LogP contribution in [0.4, 0.5) is 0 Å². The van der Waals surface area contributed by atoms with E-state index in [1.807, 2.05) is 0 Å². The Morgan fingerprint density at radius 3 is 2.70 bits per heavy atom. The van der Waals surface area contributed by atoms with E-state index in [9.17, 15) is 0 Å². The molecule has 1 N–H and O–H groups in total. The molecule has 124 valence electrons. The molecule has 0 radical (unpaired) electrons. The number of rotatable bonds is 4. The zero-order valence-corrected chi connectivity index (χ0v) is 15.8. The Bertz CT molecular complexity index is 663. The molecule has 2 aromatic rings. The summed E-state index contributed by atoms with van der Waals surface area (Å²) >= 11 is 3.57. The van der Waals surface area contributed by atoms with Crippen LogP contribution in [0.1, 0.15) is 45.2 Å². The molecule has 0 aliphatic carbocycles. The molecule has 1 unspecified atom stereocenters. The molecule has 1 aliphatic rings. The molecule has 0 saturated carbocycles. The maximum atomic E-state index is 4.70. The van der Waals surface area contributed by atoms with Gasteiger partial charge in [-0.25, -0.2) is 0 Å². The minimum atomic E-state index is 0.461. The number of nitrogens with zero attached hydrogens (tertiary/aromatic N) is 2. The summed E-state index contributed by atoms with van der Waals surface area (Å²) in [4.78, 5) is 7.33. The van der Waals surface area contributed by atoms with Crippen molar-refractivity contribution in [2.45, 2.75) is 51.7 Å². The lowest BCUT2D eigenvalue weighted by atomic mass is 9.98. The van der Waals surface area contributed by atoms with E-state index in [0.717, 1.165) is 23.1 Å². The molecule has 0 spiro atoms. The van der Waals surface area contributed by atoms with Gasteiger partial charge in [0.2, 0.25) is 0 Å². The molecule has 1 fully saturated rings. The molecule has 0 amide bonds. The number of hydrogen-bond acceptors (Lipinski definition) is 3. The number of piperazine rings is 1. The monoisotopic (exact) mass is 375 g/mol. The third-order valence-corrected chi connectivity index (χ3v) is 5.13. The third kappa shape index (κ3) is 3.93. The Hall–Kier alpha value is -0.970. The van der Waals surface area contributed by atoms with E-state index < -0.39 is 0 Å². The third-order valence-electron chi connectivity index (χ3n) is 4.64. The molecule has 4 heteroatoms. The molecule has 3 rings (SSSR count). The number of nitrogens with one attached hydrogen (secondary N) is 1. The average molecular weight is 376 g/mol. The summed E-state index contributed by atoms with van der Waals surface area (Å²) in [5.74, 6) is 0. The predicted molar refractivity (Wildman–Crippen MR) is 101 cm³/mol. The molecular weight excluding hydrogens is 350 g/mol. The van der Waals surface area contributed by atoms with Crippen LogP contribution >= 0.6 is 15.9 Å². The molecule has 1 aromatic heterocycles. The fraction of sp³-hybridized carbons (Fsp3) is 0.526. The van der Waals surface area contributed by atoms with Gasteiger partial charge >= 0.3 is 0 Å². The average Bonchev–Trinajstić information content (AvgIpc) is 2.51. The summed E-state index contributed by atoms with van der Waals surface area (Å²) in [5, 5.41) is 4.85. The molecule has 23 heavy (non-hydrogen) atoms. The number of halogens is 1. The van der Waals surface area contributed by atoms with Crippen LogP contribution in [0.25, 0.3) is 10.9 Å². The van der Waals surface area contributed by atoms with E-state index in [4.69, 9.17) is 4.98 Å². The second-order valence-electron chi connectivity index (χ2n) is 6.83. The minimum absolute atomic E-state index is 0.461. The van der Waals surface area contributed by atoms with E-state index in [-0.39, 0.29) is 0 Å². The van der Waals surface area contributed by atoms with Crippen molar-refractivity contribution in [2.75, 3.05) is 13.1 Å². The van der Waals surface area contributed by atoms with Gasteiger partial charge in [0.15, 0.2) is 0 Å². The number of pyridine rings is 1. The molecule has 2 heterocycles. The van der Waals surface area contributed by atoms with E-state index in [1.165, 1.54) is 23.8 Å². The van der Waals surface area contributed by atoms with Crippen molar-refractivity contribution in [1.29, 1.82) is 0 Å². The molecule has 1 saturated heterocycles. The zero-order valence-electron chi connectivity index (χ0n) is 14.2. The van der Waals surface area contributed by atoms with Crippen molar-refractivity contribution in [3.63, 3.8) is 0 Å². The van der Waals surface area contributed by atoms with Crippen LogP contribution in [-0.2, 0) is 0 Å². The number of benzene rings is 1.